The Balaban J connectivity index is 2.89. The molecule has 0 aliphatic rings. The van der Waals surface area contributed by atoms with Gasteiger partial charge in [-0.1, -0.05) is 24.3 Å². The first-order valence-electron chi connectivity index (χ1n) is 3.95. The summed E-state index contributed by atoms with van der Waals surface area (Å²) in [5.41, 5.74) is -0.833. The molecule has 1 unspecified atom stereocenters. The molecule has 6 heteroatoms. The number of aliphatic hydroxyl groups is 1. The number of halogens is 5. The highest BCUT2D eigenvalue weighted by molar-refractivity contribution is 5.25. The molecule has 0 heterocycles. The molecule has 0 fully saturated rings. The Morgan fingerprint density at radius 3 is 1.67 bits per heavy atom. The molecule has 1 atom stereocenters. The van der Waals surface area contributed by atoms with Crippen LogP contribution in [0.15, 0.2) is 24.3 Å². The van der Waals surface area contributed by atoms with Crippen molar-refractivity contribution in [1.82, 2.24) is 0 Å². The van der Waals surface area contributed by atoms with Crippen LogP contribution >= 0.6 is 0 Å². The van der Waals surface area contributed by atoms with E-state index in [9.17, 15) is 22.0 Å². The first-order valence-corrected chi connectivity index (χ1v) is 3.95. The van der Waals surface area contributed by atoms with E-state index < -0.39 is 24.3 Å². The second-order valence-electron chi connectivity index (χ2n) is 2.91. The van der Waals surface area contributed by atoms with Gasteiger partial charge in [0.25, 0.3) is 6.43 Å². The molecule has 0 amide bonds. The lowest BCUT2D eigenvalue weighted by Crippen LogP contribution is -2.20. The van der Waals surface area contributed by atoms with E-state index in [0.717, 1.165) is 24.3 Å². The van der Waals surface area contributed by atoms with Crippen LogP contribution in [0.1, 0.15) is 23.7 Å². The fraction of sp³-hybridized carbons (Fsp3) is 0.333. The smallest absolute Gasteiger partial charge is 0.379 e. The molecule has 0 aliphatic heterocycles. The van der Waals surface area contributed by atoms with Crippen molar-refractivity contribution in [3.05, 3.63) is 35.4 Å². The lowest BCUT2D eigenvalue weighted by Gasteiger charge is -2.14. The Bertz CT molecular complexity index is 316. The summed E-state index contributed by atoms with van der Waals surface area (Å²) in [6.45, 7) is 0. The average molecular weight is 226 g/mol. The van der Waals surface area contributed by atoms with Crippen molar-refractivity contribution >= 4 is 0 Å². The van der Waals surface area contributed by atoms with Gasteiger partial charge in [-0.25, -0.2) is 8.78 Å². The van der Waals surface area contributed by atoms with Gasteiger partial charge in [-0.2, -0.15) is 13.2 Å². The Labute approximate surface area is 82.1 Å². The average Bonchev–Trinajstić information content (AvgIpc) is 2.15. The second-order valence-corrected chi connectivity index (χ2v) is 2.91. The minimum Gasteiger partial charge on any atom is -0.379 e. The van der Waals surface area contributed by atoms with Crippen LogP contribution in [0.3, 0.4) is 0 Å². The van der Waals surface area contributed by atoms with E-state index in [-0.39, 0.29) is 5.56 Å². The zero-order valence-electron chi connectivity index (χ0n) is 7.30. The lowest BCUT2D eigenvalue weighted by molar-refractivity contribution is -0.206. The summed E-state index contributed by atoms with van der Waals surface area (Å²) in [6.07, 6.45) is -10.2. The molecule has 1 aromatic carbocycles. The Kier molecular flexibility index (Phi) is 3.28. The van der Waals surface area contributed by atoms with Gasteiger partial charge in [-0.3, -0.25) is 0 Å². The summed E-state index contributed by atoms with van der Waals surface area (Å²) in [7, 11) is 0. The van der Waals surface area contributed by atoms with Crippen molar-refractivity contribution in [2.24, 2.45) is 0 Å². The van der Waals surface area contributed by atoms with E-state index in [1.807, 2.05) is 0 Å². The van der Waals surface area contributed by atoms with Crippen LogP contribution in [0.5, 0.6) is 0 Å². The molecule has 0 radical (unpaired) electrons. The molecule has 1 rings (SSSR count). The number of benzene rings is 1. The van der Waals surface area contributed by atoms with Crippen LogP contribution in [-0.4, -0.2) is 11.3 Å². The first-order chi connectivity index (χ1) is 6.82. The van der Waals surface area contributed by atoms with Crippen molar-refractivity contribution in [3.63, 3.8) is 0 Å². The lowest BCUT2D eigenvalue weighted by atomic mass is 10.1. The van der Waals surface area contributed by atoms with E-state index in [0.29, 0.717) is 0 Å². The van der Waals surface area contributed by atoms with Crippen LogP contribution in [0, 0.1) is 0 Å². The van der Waals surface area contributed by atoms with Crippen LogP contribution in [0.4, 0.5) is 22.0 Å². The van der Waals surface area contributed by atoms with Gasteiger partial charge in [0.05, 0.1) is 0 Å². The highest BCUT2D eigenvalue weighted by Crippen LogP contribution is 2.33. The van der Waals surface area contributed by atoms with Crippen molar-refractivity contribution in [3.8, 4) is 0 Å². The maximum atomic E-state index is 12.0. The van der Waals surface area contributed by atoms with Gasteiger partial charge in [0.1, 0.15) is 0 Å². The molecular weight excluding hydrogens is 219 g/mol. The standard InChI is InChI=1S/C9H7F5O/c10-8(11)6-3-1-5(2-4-6)7(15)9(12,13)14/h1-4,7-8,15H. The third-order valence-electron chi connectivity index (χ3n) is 1.81. The molecule has 0 saturated carbocycles. The largest absolute Gasteiger partial charge is 0.418 e. The fourth-order valence-corrected chi connectivity index (χ4v) is 1.01. The monoisotopic (exact) mass is 226 g/mol. The van der Waals surface area contributed by atoms with E-state index >= 15 is 0 Å². The second kappa shape index (κ2) is 4.14. The number of hydrogen-bond donors (Lipinski definition) is 1. The highest BCUT2D eigenvalue weighted by atomic mass is 19.4. The molecule has 0 saturated heterocycles. The third kappa shape index (κ3) is 2.89. The zero-order valence-corrected chi connectivity index (χ0v) is 7.30. The topological polar surface area (TPSA) is 20.2 Å². The van der Waals surface area contributed by atoms with Gasteiger partial charge in [0, 0.05) is 5.56 Å². The number of rotatable bonds is 2. The Hall–Kier alpha value is -1.17. The summed E-state index contributed by atoms with van der Waals surface area (Å²) in [5.74, 6) is 0. The quantitative estimate of drug-likeness (QED) is 0.767. The SMILES string of the molecule is OC(c1ccc(C(F)F)cc1)C(F)(F)F. The molecule has 0 aliphatic carbocycles. The van der Waals surface area contributed by atoms with Gasteiger partial charge >= 0.3 is 6.18 Å². The zero-order chi connectivity index (χ0) is 11.6. The van der Waals surface area contributed by atoms with Crippen LogP contribution in [0.25, 0.3) is 0 Å². The van der Waals surface area contributed by atoms with Gasteiger partial charge in [-0.05, 0) is 5.56 Å². The molecule has 0 aromatic heterocycles. The molecule has 15 heavy (non-hydrogen) atoms. The molecule has 1 nitrogen and oxygen atoms in total. The van der Waals surface area contributed by atoms with Crippen LogP contribution < -0.4 is 0 Å². The fourth-order valence-electron chi connectivity index (χ4n) is 1.01. The van der Waals surface area contributed by atoms with E-state index in [1.54, 1.807) is 0 Å². The molecule has 1 N–H and O–H groups in total. The van der Waals surface area contributed by atoms with Gasteiger partial charge in [0.15, 0.2) is 6.10 Å². The maximum absolute atomic E-state index is 12.0. The van der Waals surface area contributed by atoms with Gasteiger partial charge < -0.3 is 5.11 Å². The number of hydrogen-bond acceptors (Lipinski definition) is 1. The summed E-state index contributed by atoms with van der Waals surface area (Å²) in [6, 6.07) is 3.38. The third-order valence-corrected chi connectivity index (χ3v) is 1.81. The predicted octanol–water partition coefficient (Wildman–Crippen LogP) is 3.22. The molecule has 0 spiro atoms. The van der Waals surface area contributed by atoms with Crippen molar-refractivity contribution in [2.75, 3.05) is 0 Å². The van der Waals surface area contributed by atoms with Crippen LogP contribution in [-0.2, 0) is 0 Å². The van der Waals surface area contributed by atoms with Gasteiger partial charge in [-0.15, -0.1) is 0 Å². The predicted molar refractivity (Wildman–Crippen MR) is 42.4 cm³/mol. The van der Waals surface area contributed by atoms with Crippen molar-refractivity contribution in [2.45, 2.75) is 18.7 Å². The summed E-state index contributed by atoms with van der Waals surface area (Å²) in [5, 5.41) is 8.77. The maximum Gasteiger partial charge on any atom is 0.418 e. The molecule has 0 bridgehead atoms. The summed E-state index contributed by atoms with van der Waals surface area (Å²) < 4.78 is 60.1. The normalized spacial score (nSPS) is 14.3. The molecular formula is C9H7F5O. The number of alkyl halides is 5. The van der Waals surface area contributed by atoms with Crippen molar-refractivity contribution in [1.29, 1.82) is 0 Å². The minimum atomic E-state index is -4.79. The Morgan fingerprint density at radius 1 is 0.933 bits per heavy atom. The summed E-state index contributed by atoms with van der Waals surface area (Å²) >= 11 is 0. The van der Waals surface area contributed by atoms with Crippen molar-refractivity contribution < 1.29 is 27.1 Å². The molecule has 1 aromatic rings. The van der Waals surface area contributed by atoms with E-state index in [2.05, 4.69) is 0 Å². The van der Waals surface area contributed by atoms with E-state index in [4.69, 9.17) is 5.11 Å². The molecule has 84 valence electrons. The first kappa shape index (κ1) is 11.9. The minimum absolute atomic E-state index is 0.381. The Morgan fingerprint density at radius 2 is 1.33 bits per heavy atom. The van der Waals surface area contributed by atoms with Gasteiger partial charge in [0.2, 0.25) is 0 Å². The van der Waals surface area contributed by atoms with Crippen LogP contribution in [0.2, 0.25) is 0 Å². The summed E-state index contributed by atoms with van der Waals surface area (Å²) in [4.78, 5) is 0. The number of aliphatic hydroxyl groups excluding tert-OH is 1. The van der Waals surface area contributed by atoms with E-state index in [1.165, 1.54) is 0 Å². The highest BCUT2D eigenvalue weighted by Gasteiger charge is 2.39.